The van der Waals surface area contributed by atoms with Crippen molar-refractivity contribution in [1.29, 1.82) is 0 Å². The number of halogens is 1. The van der Waals surface area contributed by atoms with Gasteiger partial charge < -0.3 is 5.32 Å². The van der Waals surface area contributed by atoms with Crippen molar-refractivity contribution in [1.82, 2.24) is 0 Å². The normalized spacial score (nSPS) is 13.1. The summed E-state index contributed by atoms with van der Waals surface area (Å²) in [5.41, 5.74) is 0.519. The zero-order valence-electron chi connectivity index (χ0n) is 10.5. The molecule has 0 saturated heterocycles. The first-order chi connectivity index (χ1) is 8.75. The fourth-order valence-corrected chi connectivity index (χ4v) is 3.18. The van der Waals surface area contributed by atoms with Gasteiger partial charge in [-0.2, -0.15) is 11.8 Å². The van der Waals surface area contributed by atoms with Crippen LogP contribution in [0.3, 0.4) is 0 Å². The van der Waals surface area contributed by atoms with Gasteiger partial charge >= 0.3 is 0 Å². The lowest BCUT2D eigenvalue weighted by molar-refractivity contribution is -0.118. The molecule has 1 unspecified atom stereocenters. The standard InChI is InChI=1S/C11H15BrN2O3S2/c1-7(6-18-2)11(15)14-10-4-3-8(5-9(10)12)19(13,16)17/h3-5,7H,6H2,1-2H3,(H,14,15)(H2,13,16,17). The van der Waals surface area contributed by atoms with Crippen LogP contribution in [0.25, 0.3) is 0 Å². The number of hydrogen-bond acceptors (Lipinski definition) is 4. The maximum Gasteiger partial charge on any atom is 0.238 e. The predicted octanol–water partition coefficient (Wildman–Crippen LogP) is 2.03. The van der Waals surface area contributed by atoms with Crippen LogP contribution in [-0.4, -0.2) is 26.3 Å². The number of sulfonamides is 1. The molecule has 0 aliphatic carbocycles. The second kappa shape index (κ2) is 6.74. The van der Waals surface area contributed by atoms with E-state index in [2.05, 4.69) is 21.2 Å². The highest BCUT2D eigenvalue weighted by molar-refractivity contribution is 9.10. The van der Waals surface area contributed by atoms with Crippen LogP contribution in [0.4, 0.5) is 5.69 Å². The van der Waals surface area contributed by atoms with Crippen LogP contribution >= 0.6 is 27.7 Å². The fraction of sp³-hybridized carbons (Fsp3) is 0.364. The Morgan fingerprint density at radius 1 is 1.53 bits per heavy atom. The molecule has 8 heteroatoms. The highest BCUT2D eigenvalue weighted by atomic mass is 79.9. The second-order valence-corrected chi connectivity index (χ2v) is 7.36. The van der Waals surface area contributed by atoms with Crippen molar-refractivity contribution in [2.24, 2.45) is 11.1 Å². The summed E-state index contributed by atoms with van der Waals surface area (Å²) < 4.78 is 22.8. The Morgan fingerprint density at radius 2 is 2.16 bits per heavy atom. The van der Waals surface area contributed by atoms with Gasteiger partial charge in [-0.25, -0.2) is 13.6 Å². The van der Waals surface area contributed by atoms with Crippen LogP contribution in [0, 0.1) is 5.92 Å². The largest absolute Gasteiger partial charge is 0.325 e. The number of carbonyl (C=O) groups excluding carboxylic acids is 1. The molecule has 0 aromatic heterocycles. The molecule has 0 aliphatic heterocycles. The quantitative estimate of drug-likeness (QED) is 0.834. The molecular weight excluding hydrogens is 352 g/mol. The third kappa shape index (κ3) is 4.79. The summed E-state index contributed by atoms with van der Waals surface area (Å²) in [6.07, 6.45) is 1.93. The zero-order valence-corrected chi connectivity index (χ0v) is 13.7. The number of nitrogens with one attached hydrogen (secondary N) is 1. The molecular formula is C11H15BrN2O3S2. The van der Waals surface area contributed by atoms with E-state index in [0.29, 0.717) is 10.2 Å². The SMILES string of the molecule is CSCC(C)C(=O)Nc1ccc(S(N)(=O)=O)cc1Br. The monoisotopic (exact) mass is 366 g/mol. The average molecular weight is 367 g/mol. The maximum absolute atomic E-state index is 11.8. The number of primary sulfonamides is 1. The fourth-order valence-electron chi connectivity index (χ4n) is 1.36. The van der Waals surface area contributed by atoms with Gasteiger partial charge in [-0.05, 0) is 40.4 Å². The van der Waals surface area contributed by atoms with Crippen LogP contribution in [0.2, 0.25) is 0 Å². The number of thioether (sulfide) groups is 1. The van der Waals surface area contributed by atoms with Crippen molar-refractivity contribution >= 4 is 49.3 Å². The first kappa shape index (κ1) is 16.5. The van der Waals surface area contributed by atoms with Crippen LogP contribution in [-0.2, 0) is 14.8 Å². The Labute approximate surface area is 125 Å². The summed E-state index contributed by atoms with van der Waals surface area (Å²) in [7, 11) is -3.74. The molecule has 0 saturated carbocycles. The molecule has 1 amide bonds. The van der Waals surface area contributed by atoms with Crippen molar-refractivity contribution in [2.45, 2.75) is 11.8 Å². The summed E-state index contributed by atoms with van der Waals surface area (Å²) in [4.78, 5) is 11.8. The molecule has 1 aromatic carbocycles. The molecule has 0 fully saturated rings. The molecule has 106 valence electrons. The highest BCUT2D eigenvalue weighted by Gasteiger charge is 2.15. The van der Waals surface area contributed by atoms with E-state index < -0.39 is 10.0 Å². The number of carbonyl (C=O) groups is 1. The Balaban J connectivity index is 2.90. The zero-order chi connectivity index (χ0) is 14.6. The number of amides is 1. The first-order valence-electron chi connectivity index (χ1n) is 5.38. The Hall–Kier alpha value is -0.570. The second-order valence-electron chi connectivity index (χ2n) is 4.03. The first-order valence-corrected chi connectivity index (χ1v) is 9.11. The van der Waals surface area contributed by atoms with E-state index in [1.54, 1.807) is 11.8 Å². The molecule has 0 aliphatic rings. The molecule has 0 radical (unpaired) electrons. The summed E-state index contributed by atoms with van der Waals surface area (Å²) in [6, 6.07) is 4.23. The maximum atomic E-state index is 11.8. The summed E-state index contributed by atoms with van der Waals surface area (Å²) in [5.74, 6) is 0.483. The van der Waals surface area contributed by atoms with Crippen molar-refractivity contribution in [3.8, 4) is 0 Å². The molecule has 5 nitrogen and oxygen atoms in total. The van der Waals surface area contributed by atoms with E-state index in [1.165, 1.54) is 18.2 Å². The van der Waals surface area contributed by atoms with Crippen LogP contribution in [0.5, 0.6) is 0 Å². The number of rotatable bonds is 5. The van der Waals surface area contributed by atoms with Crippen LogP contribution in [0.15, 0.2) is 27.6 Å². The summed E-state index contributed by atoms with van der Waals surface area (Å²) >= 11 is 4.81. The Kier molecular flexibility index (Phi) is 5.84. The van der Waals surface area contributed by atoms with Crippen LogP contribution in [0.1, 0.15) is 6.92 Å². The van der Waals surface area contributed by atoms with Gasteiger partial charge in [-0.15, -0.1) is 0 Å². The minimum absolute atomic E-state index is 0.00506. The topological polar surface area (TPSA) is 89.3 Å². The lowest BCUT2D eigenvalue weighted by atomic mass is 10.2. The minimum Gasteiger partial charge on any atom is -0.325 e. The molecule has 3 N–H and O–H groups in total. The van der Waals surface area contributed by atoms with Gasteiger partial charge in [0.15, 0.2) is 0 Å². The predicted molar refractivity (Wildman–Crippen MR) is 81.7 cm³/mol. The van der Waals surface area contributed by atoms with E-state index in [4.69, 9.17) is 5.14 Å². The van der Waals surface area contributed by atoms with E-state index in [9.17, 15) is 13.2 Å². The van der Waals surface area contributed by atoms with E-state index in [1.807, 2.05) is 13.2 Å². The average Bonchev–Trinajstić information content (AvgIpc) is 2.30. The van der Waals surface area contributed by atoms with Gasteiger partial charge in [-0.3, -0.25) is 4.79 Å². The number of hydrogen-bond donors (Lipinski definition) is 2. The van der Waals surface area contributed by atoms with Gasteiger partial charge in [0.2, 0.25) is 15.9 Å². The lowest BCUT2D eigenvalue weighted by Crippen LogP contribution is -2.22. The number of nitrogens with two attached hydrogens (primary N) is 1. The van der Waals surface area contributed by atoms with Gasteiger partial charge in [-0.1, -0.05) is 6.92 Å². The molecule has 19 heavy (non-hydrogen) atoms. The molecule has 0 spiro atoms. The summed E-state index contributed by atoms with van der Waals surface area (Å²) in [5, 5.41) is 7.76. The molecule has 0 bridgehead atoms. The Bertz CT molecular complexity index is 575. The van der Waals surface area contributed by atoms with Gasteiger partial charge in [0.1, 0.15) is 0 Å². The van der Waals surface area contributed by atoms with Gasteiger partial charge in [0.05, 0.1) is 10.6 Å². The third-order valence-corrected chi connectivity index (χ3v) is 4.79. The van der Waals surface area contributed by atoms with Crippen molar-refractivity contribution in [3.63, 3.8) is 0 Å². The third-order valence-electron chi connectivity index (χ3n) is 2.39. The Morgan fingerprint density at radius 3 is 2.63 bits per heavy atom. The molecule has 1 aromatic rings. The molecule has 1 rings (SSSR count). The van der Waals surface area contributed by atoms with E-state index in [0.717, 1.165) is 5.75 Å². The molecule has 1 atom stereocenters. The van der Waals surface area contributed by atoms with Gasteiger partial charge in [0, 0.05) is 16.1 Å². The smallest absolute Gasteiger partial charge is 0.238 e. The summed E-state index contributed by atoms with van der Waals surface area (Å²) in [6.45, 7) is 1.83. The van der Waals surface area contributed by atoms with Crippen molar-refractivity contribution in [3.05, 3.63) is 22.7 Å². The minimum atomic E-state index is -3.74. The lowest BCUT2D eigenvalue weighted by Gasteiger charge is -2.12. The van der Waals surface area contributed by atoms with E-state index in [-0.39, 0.29) is 16.7 Å². The van der Waals surface area contributed by atoms with Crippen molar-refractivity contribution < 1.29 is 13.2 Å². The highest BCUT2D eigenvalue weighted by Crippen LogP contribution is 2.25. The number of benzene rings is 1. The van der Waals surface area contributed by atoms with E-state index >= 15 is 0 Å². The van der Waals surface area contributed by atoms with Gasteiger partial charge in [0.25, 0.3) is 0 Å². The molecule has 0 heterocycles. The number of anilines is 1. The van der Waals surface area contributed by atoms with Crippen LogP contribution < -0.4 is 10.5 Å². The van der Waals surface area contributed by atoms with Crippen molar-refractivity contribution in [2.75, 3.05) is 17.3 Å².